The molecule has 0 radical (unpaired) electrons. The van der Waals surface area contributed by atoms with E-state index in [1.807, 2.05) is 13.0 Å². The van der Waals surface area contributed by atoms with Gasteiger partial charge in [0.15, 0.2) is 0 Å². The molecule has 104 valence electrons. The number of carbonyl (C=O) groups is 1. The van der Waals surface area contributed by atoms with Crippen LogP contribution in [0, 0.1) is 13.8 Å². The fraction of sp³-hybridized carbons (Fsp3) is 0.235. The second kappa shape index (κ2) is 5.78. The summed E-state index contributed by atoms with van der Waals surface area (Å²) in [4.78, 5) is 11.2. The lowest BCUT2D eigenvalue weighted by Gasteiger charge is -2.19. The number of hydrogen-bond acceptors (Lipinski definition) is 2. The van der Waals surface area contributed by atoms with Gasteiger partial charge >= 0.3 is 5.97 Å². The van der Waals surface area contributed by atoms with Crippen LogP contribution in [0.4, 0.5) is 5.69 Å². The molecule has 2 aromatic carbocycles. The first-order valence-electron chi connectivity index (χ1n) is 6.65. The second-order valence-corrected chi connectivity index (χ2v) is 5.08. The molecular formula is C17H19NO2. The molecule has 3 nitrogen and oxygen atoms in total. The van der Waals surface area contributed by atoms with Crippen molar-refractivity contribution in [3.05, 3.63) is 64.7 Å². The zero-order chi connectivity index (χ0) is 14.7. The highest BCUT2D eigenvalue weighted by Crippen LogP contribution is 2.25. The average molecular weight is 269 g/mol. The molecule has 0 heterocycles. The molecule has 1 atom stereocenters. The molecule has 0 aromatic heterocycles. The minimum Gasteiger partial charge on any atom is -0.478 e. The molecule has 0 amide bonds. The Labute approximate surface area is 119 Å². The second-order valence-electron chi connectivity index (χ2n) is 5.08. The van der Waals surface area contributed by atoms with E-state index in [-0.39, 0.29) is 6.04 Å². The van der Waals surface area contributed by atoms with Crippen molar-refractivity contribution in [3.63, 3.8) is 0 Å². The molecule has 0 saturated heterocycles. The zero-order valence-corrected chi connectivity index (χ0v) is 12.0. The lowest BCUT2D eigenvalue weighted by atomic mass is 9.99. The topological polar surface area (TPSA) is 49.3 Å². The molecule has 0 fully saturated rings. The third-order valence-electron chi connectivity index (χ3n) is 3.43. The Bertz CT molecular complexity index is 635. The Morgan fingerprint density at radius 3 is 2.55 bits per heavy atom. The number of benzene rings is 2. The summed E-state index contributed by atoms with van der Waals surface area (Å²) in [5.41, 5.74) is 4.53. The first kappa shape index (κ1) is 14.1. The van der Waals surface area contributed by atoms with E-state index in [1.165, 1.54) is 16.7 Å². The molecule has 0 saturated carbocycles. The smallest absolute Gasteiger partial charge is 0.337 e. The van der Waals surface area contributed by atoms with Gasteiger partial charge in [-0.15, -0.1) is 0 Å². The molecule has 2 aromatic rings. The van der Waals surface area contributed by atoms with Crippen LogP contribution in [0.2, 0.25) is 0 Å². The van der Waals surface area contributed by atoms with Crippen molar-refractivity contribution in [2.24, 2.45) is 0 Å². The van der Waals surface area contributed by atoms with Crippen molar-refractivity contribution >= 4 is 11.7 Å². The molecule has 20 heavy (non-hydrogen) atoms. The fourth-order valence-electron chi connectivity index (χ4n) is 2.33. The number of carboxylic acid groups (broad SMARTS) is 1. The van der Waals surface area contributed by atoms with Gasteiger partial charge in [0.2, 0.25) is 0 Å². The minimum absolute atomic E-state index is 0.0513. The highest BCUT2D eigenvalue weighted by Gasteiger charge is 2.13. The number of rotatable bonds is 4. The van der Waals surface area contributed by atoms with Crippen molar-refractivity contribution in [3.8, 4) is 0 Å². The summed E-state index contributed by atoms with van der Waals surface area (Å²) < 4.78 is 0. The van der Waals surface area contributed by atoms with E-state index in [0.717, 1.165) is 0 Å². The number of carboxylic acids is 1. The van der Waals surface area contributed by atoms with Crippen LogP contribution in [-0.2, 0) is 0 Å². The fourth-order valence-corrected chi connectivity index (χ4v) is 2.33. The van der Waals surface area contributed by atoms with Crippen LogP contribution in [0.15, 0.2) is 42.5 Å². The molecular weight excluding hydrogens is 250 g/mol. The summed E-state index contributed by atoms with van der Waals surface area (Å²) in [6, 6.07) is 13.3. The van der Waals surface area contributed by atoms with Gasteiger partial charge in [-0.3, -0.25) is 0 Å². The summed E-state index contributed by atoms with van der Waals surface area (Å²) in [6.45, 7) is 6.16. The molecule has 0 bridgehead atoms. The summed E-state index contributed by atoms with van der Waals surface area (Å²) in [5.74, 6) is -0.915. The van der Waals surface area contributed by atoms with E-state index in [2.05, 4.69) is 37.4 Å². The third kappa shape index (κ3) is 2.99. The molecule has 0 spiro atoms. The molecule has 0 aliphatic carbocycles. The van der Waals surface area contributed by atoms with Crippen LogP contribution in [0.25, 0.3) is 0 Å². The van der Waals surface area contributed by atoms with Gasteiger partial charge in [-0.1, -0.05) is 35.9 Å². The Balaban J connectivity index is 2.30. The molecule has 0 aliphatic rings. The molecule has 1 unspecified atom stereocenters. The van der Waals surface area contributed by atoms with Crippen molar-refractivity contribution in [1.82, 2.24) is 0 Å². The normalized spacial score (nSPS) is 11.9. The minimum atomic E-state index is -0.915. The summed E-state index contributed by atoms with van der Waals surface area (Å²) >= 11 is 0. The quantitative estimate of drug-likeness (QED) is 0.875. The standard InChI is InChI=1S/C17H19NO2/c1-11-8-9-12(2)15(10-11)13(3)18-16-7-5-4-6-14(16)17(19)20/h4-10,13,18H,1-3H3,(H,19,20). The van der Waals surface area contributed by atoms with Crippen molar-refractivity contribution < 1.29 is 9.90 Å². The van der Waals surface area contributed by atoms with Crippen molar-refractivity contribution in [1.29, 1.82) is 0 Å². The lowest BCUT2D eigenvalue weighted by Crippen LogP contribution is -2.11. The van der Waals surface area contributed by atoms with Crippen LogP contribution < -0.4 is 5.32 Å². The van der Waals surface area contributed by atoms with Gasteiger partial charge in [-0.25, -0.2) is 4.79 Å². The molecule has 3 heteroatoms. The third-order valence-corrected chi connectivity index (χ3v) is 3.43. The van der Waals surface area contributed by atoms with Crippen LogP contribution in [0.3, 0.4) is 0 Å². The molecule has 2 N–H and O–H groups in total. The summed E-state index contributed by atoms with van der Waals surface area (Å²) in [6.07, 6.45) is 0. The number of para-hydroxylation sites is 1. The Hall–Kier alpha value is -2.29. The lowest BCUT2D eigenvalue weighted by molar-refractivity contribution is 0.0698. The van der Waals surface area contributed by atoms with Gasteiger partial charge in [0.05, 0.1) is 5.56 Å². The van der Waals surface area contributed by atoms with Gasteiger partial charge < -0.3 is 10.4 Å². The zero-order valence-electron chi connectivity index (χ0n) is 12.0. The van der Waals surface area contributed by atoms with Crippen LogP contribution in [-0.4, -0.2) is 11.1 Å². The van der Waals surface area contributed by atoms with Crippen LogP contribution >= 0.6 is 0 Å². The maximum absolute atomic E-state index is 11.2. The number of anilines is 1. The van der Waals surface area contributed by atoms with E-state index in [0.29, 0.717) is 11.3 Å². The first-order valence-corrected chi connectivity index (χ1v) is 6.65. The van der Waals surface area contributed by atoms with Gasteiger partial charge in [0.25, 0.3) is 0 Å². The summed E-state index contributed by atoms with van der Waals surface area (Å²) in [5, 5.41) is 12.5. The highest BCUT2D eigenvalue weighted by atomic mass is 16.4. The van der Waals surface area contributed by atoms with Crippen molar-refractivity contribution in [2.75, 3.05) is 5.32 Å². The largest absolute Gasteiger partial charge is 0.478 e. The van der Waals surface area contributed by atoms with E-state index >= 15 is 0 Å². The van der Waals surface area contributed by atoms with E-state index in [9.17, 15) is 9.90 Å². The first-order chi connectivity index (χ1) is 9.49. The van der Waals surface area contributed by atoms with Gasteiger partial charge in [0.1, 0.15) is 0 Å². The van der Waals surface area contributed by atoms with Gasteiger partial charge in [0, 0.05) is 11.7 Å². The van der Waals surface area contributed by atoms with Crippen LogP contribution in [0.5, 0.6) is 0 Å². The Kier molecular flexibility index (Phi) is 4.08. The maximum Gasteiger partial charge on any atom is 0.337 e. The number of aryl methyl sites for hydroxylation is 2. The van der Waals surface area contributed by atoms with E-state index in [1.54, 1.807) is 18.2 Å². The SMILES string of the molecule is Cc1ccc(C)c(C(C)Nc2ccccc2C(=O)O)c1. The predicted octanol–water partition coefficient (Wildman–Crippen LogP) is 4.17. The number of hydrogen-bond donors (Lipinski definition) is 2. The molecule has 2 rings (SSSR count). The Morgan fingerprint density at radius 1 is 1.15 bits per heavy atom. The van der Waals surface area contributed by atoms with Gasteiger partial charge in [-0.2, -0.15) is 0 Å². The van der Waals surface area contributed by atoms with Crippen molar-refractivity contribution in [2.45, 2.75) is 26.8 Å². The van der Waals surface area contributed by atoms with Crippen LogP contribution in [0.1, 0.15) is 40.0 Å². The number of aromatic carboxylic acids is 1. The molecule has 0 aliphatic heterocycles. The summed E-state index contributed by atoms with van der Waals surface area (Å²) in [7, 11) is 0. The predicted molar refractivity (Wildman–Crippen MR) is 81.4 cm³/mol. The maximum atomic E-state index is 11.2. The number of nitrogens with one attached hydrogen (secondary N) is 1. The van der Waals surface area contributed by atoms with Gasteiger partial charge in [-0.05, 0) is 44.0 Å². The monoisotopic (exact) mass is 269 g/mol. The highest BCUT2D eigenvalue weighted by molar-refractivity contribution is 5.94. The Morgan fingerprint density at radius 2 is 1.85 bits per heavy atom. The van der Waals surface area contributed by atoms with E-state index < -0.39 is 5.97 Å². The average Bonchev–Trinajstić information content (AvgIpc) is 2.41. The van der Waals surface area contributed by atoms with E-state index in [4.69, 9.17) is 0 Å².